The molecule has 1 aromatic rings. The van der Waals surface area contributed by atoms with Crippen molar-refractivity contribution in [2.75, 3.05) is 20.2 Å². The van der Waals surface area contributed by atoms with Crippen LogP contribution in [0.1, 0.15) is 36.0 Å². The zero-order chi connectivity index (χ0) is 14.1. The molecule has 106 valence electrons. The van der Waals surface area contributed by atoms with Crippen molar-refractivity contribution in [3.05, 3.63) is 23.8 Å². The SMILES string of the molecule is COc1cccc(C(=O)NCCCCCCN)c1O. The van der Waals surface area contributed by atoms with E-state index in [0.717, 1.165) is 25.7 Å². The van der Waals surface area contributed by atoms with Crippen molar-refractivity contribution in [2.45, 2.75) is 25.7 Å². The average Bonchev–Trinajstić information content (AvgIpc) is 2.42. The number of hydrogen-bond donors (Lipinski definition) is 3. The highest BCUT2D eigenvalue weighted by Gasteiger charge is 2.13. The average molecular weight is 266 g/mol. The minimum absolute atomic E-state index is 0.120. The third kappa shape index (κ3) is 4.79. The fraction of sp³-hybridized carbons (Fsp3) is 0.500. The molecule has 1 amide bonds. The van der Waals surface area contributed by atoms with Gasteiger partial charge in [-0.05, 0) is 31.5 Å². The van der Waals surface area contributed by atoms with Crippen LogP contribution in [0.3, 0.4) is 0 Å². The fourth-order valence-electron chi connectivity index (χ4n) is 1.79. The molecule has 0 unspecified atom stereocenters. The number of phenolic OH excluding ortho intramolecular Hbond substituents is 1. The number of aromatic hydroxyl groups is 1. The molecule has 0 fully saturated rings. The Balaban J connectivity index is 2.41. The maximum absolute atomic E-state index is 11.9. The van der Waals surface area contributed by atoms with Crippen molar-refractivity contribution in [1.29, 1.82) is 0 Å². The third-order valence-electron chi connectivity index (χ3n) is 2.88. The molecule has 0 aliphatic rings. The molecule has 0 atom stereocenters. The summed E-state index contributed by atoms with van der Waals surface area (Å²) in [5.41, 5.74) is 5.64. The first kappa shape index (κ1) is 15.3. The van der Waals surface area contributed by atoms with E-state index in [-0.39, 0.29) is 17.2 Å². The molecule has 19 heavy (non-hydrogen) atoms. The van der Waals surface area contributed by atoms with Crippen LogP contribution >= 0.6 is 0 Å². The van der Waals surface area contributed by atoms with Gasteiger partial charge in [-0.3, -0.25) is 4.79 Å². The molecule has 1 aromatic carbocycles. The van der Waals surface area contributed by atoms with Crippen LogP contribution in [0, 0.1) is 0 Å². The topological polar surface area (TPSA) is 84.6 Å². The van der Waals surface area contributed by atoms with E-state index >= 15 is 0 Å². The lowest BCUT2D eigenvalue weighted by Crippen LogP contribution is -2.24. The van der Waals surface area contributed by atoms with Crippen LogP contribution in [-0.2, 0) is 0 Å². The van der Waals surface area contributed by atoms with Crippen molar-refractivity contribution in [1.82, 2.24) is 5.32 Å². The Kier molecular flexibility index (Phi) is 6.74. The normalized spacial score (nSPS) is 10.2. The first-order valence-corrected chi connectivity index (χ1v) is 6.55. The smallest absolute Gasteiger partial charge is 0.255 e. The standard InChI is InChI=1S/C14H22N2O3/c1-19-12-8-6-7-11(13(12)17)14(18)16-10-5-3-2-4-9-15/h6-8,17H,2-5,9-10,15H2,1H3,(H,16,18). The van der Waals surface area contributed by atoms with E-state index in [1.54, 1.807) is 18.2 Å². The van der Waals surface area contributed by atoms with E-state index in [4.69, 9.17) is 10.5 Å². The third-order valence-corrected chi connectivity index (χ3v) is 2.88. The Morgan fingerprint density at radius 2 is 2.05 bits per heavy atom. The van der Waals surface area contributed by atoms with Gasteiger partial charge in [0.15, 0.2) is 11.5 Å². The van der Waals surface area contributed by atoms with E-state index in [1.165, 1.54) is 7.11 Å². The number of unbranched alkanes of at least 4 members (excludes halogenated alkanes) is 3. The van der Waals surface area contributed by atoms with E-state index in [9.17, 15) is 9.90 Å². The van der Waals surface area contributed by atoms with Gasteiger partial charge < -0.3 is 20.9 Å². The summed E-state index contributed by atoms with van der Waals surface area (Å²) in [4.78, 5) is 11.9. The molecule has 0 heterocycles. The number of carbonyl (C=O) groups excluding carboxylic acids is 1. The van der Waals surface area contributed by atoms with Gasteiger partial charge in [-0.25, -0.2) is 0 Å². The number of para-hydroxylation sites is 1. The van der Waals surface area contributed by atoms with Gasteiger partial charge in [0.2, 0.25) is 0 Å². The first-order chi connectivity index (χ1) is 9.20. The quantitative estimate of drug-likeness (QED) is 0.625. The molecule has 0 aliphatic heterocycles. The maximum atomic E-state index is 11.9. The van der Waals surface area contributed by atoms with Crippen molar-refractivity contribution < 1.29 is 14.6 Å². The number of carbonyl (C=O) groups is 1. The predicted octanol–water partition coefficient (Wildman–Crippen LogP) is 1.65. The van der Waals surface area contributed by atoms with Gasteiger partial charge in [-0.1, -0.05) is 18.9 Å². The summed E-state index contributed by atoms with van der Waals surface area (Å²) >= 11 is 0. The van der Waals surface area contributed by atoms with Crippen molar-refractivity contribution in [3.63, 3.8) is 0 Å². The van der Waals surface area contributed by atoms with E-state index < -0.39 is 0 Å². The predicted molar refractivity (Wildman–Crippen MR) is 74.5 cm³/mol. The van der Waals surface area contributed by atoms with Crippen LogP contribution in [-0.4, -0.2) is 31.2 Å². The van der Waals surface area contributed by atoms with Crippen molar-refractivity contribution in [3.8, 4) is 11.5 Å². The maximum Gasteiger partial charge on any atom is 0.255 e. The van der Waals surface area contributed by atoms with Gasteiger partial charge in [0.25, 0.3) is 5.91 Å². The summed E-state index contributed by atoms with van der Waals surface area (Å²) in [5, 5.41) is 12.6. The Labute approximate surface area is 113 Å². The van der Waals surface area contributed by atoms with Gasteiger partial charge in [-0.15, -0.1) is 0 Å². The van der Waals surface area contributed by atoms with Gasteiger partial charge >= 0.3 is 0 Å². The molecule has 0 aromatic heterocycles. The lowest BCUT2D eigenvalue weighted by atomic mass is 10.1. The van der Waals surface area contributed by atoms with Gasteiger partial charge in [0.1, 0.15) is 0 Å². The Bertz CT molecular complexity index is 408. The molecule has 0 saturated carbocycles. The van der Waals surface area contributed by atoms with Crippen LogP contribution in [0.5, 0.6) is 11.5 Å². The minimum atomic E-state index is -0.282. The van der Waals surface area contributed by atoms with Crippen LogP contribution in [0.25, 0.3) is 0 Å². The van der Waals surface area contributed by atoms with Crippen LogP contribution in [0.2, 0.25) is 0 Å². The Morgan fingerprint density at radius 3 is 2.74 bits per heavy atom. The summed E-state index contributed by atoms with van der Waals surface area (Å²) in [6.45, 7) is 1.31. The van der Waals surface area contributed by atoms with Crippen molar-refractivity contribution in [2.24, 2.45) is 5.73 Å². The zero-order valence-corrected chi connectivity index (χ0v) is 11.3. The minimum Gasteiger partial charge on any atom is -0.504 e. The molecular weight excluding hydrogens is 244 g/mol. The number of phenols is 1. The molecule has 0 saturated heterocycles. The van der Waals surface area contributed by atoms with Crippen LogP contribution in [0.15, 0.2) is 18.2 Å². The number of ether oxygens (including phenoxy) is 1. The summed E-state index contributed by atoms with van der Waals surface area (Å²) in [5.74, 6) is -0.101. The van der Waals surface area contributed by atoms with E-state index in [1.807, 2.05) is 0 Å². The summed E-state index contributed by atoms with van der Waals surface area (Å²) < 4.78 is 4.96. The number of benzene rings is 1. The molecule has 5 nitrogen and oxygen atoms in total. The van der Waals surface area contributed by atoms with Gasteiger partial charge in [0.05, 0.1) is 12.7 Å². The van der Waals surface area contributed by atoms with Gasteiger partial charge in [-0.2, -0.15) is 0 Å². The number of nitrogens with two attached hydrogens (primary N) is 1. The molecule has 5 heteroatoms. The number of methoxy groups -OCH3 is 1. The Hall–Kier alpha value is -1.75. The second-order valence-electron chi connectivity index (χ2n) is 4.32. The van der Waals surface area contributed by atoms with Crippen molar-refractivity contribution >= 4 is 5.91 Å². The summed E-state index contributed by atoms with van der Waals surface area (Å²) in [7, 11) is 1.45. The lowest BCUT2D eigenvalue weighted by Gasteiger charge is -2.09. The first-order valence-electron chi connectivity index (χ1n) is 6.55. The highest BCUT2D eigenvalue weighted by Crippen LogP contribution is 2.29. The molecule has 0 spiro atoms. The number of amides is 1. The van der Waals surface area contributed by atoms with E-state index in [0.29, 0.717) is 18.8 Å². The van der Waals surface area contributed by atoms with Gasteiger partial charge in [0, 0.05) is 6.54 Å². The fourth-order valence-corrected chi connectivity index (χ4v) is 1.79. The molecule has 0 bridgehead atoms. The number of hydrogen-bond acceptors (Lipinski definition) is 4. The van der Waals surface area contributed by atoms with Crippen LogP contribution < -0.4 is 15.8 Å². The molecule has 4 N–H and O–H groups in total. The largest absolute Gasteiger partial charge is 0.504 e. The van der Waals surface area contributed by atoms with E-state index in [2.05, 4.69) is 5.32 Å². The highest BCUT2D eigenvalue weighted by molar-refractivity contribution is 5.97. The number of rotatable bonds is 8. The molecular formula is C14H22N2O3. The second-order valence-corrected chi connectivity index (χ2v) is 4.32. The molecule has 1 rings (SSSR count). The zero-order valence-electron chi connectivity index (χ0n) is 11.3. The molecule has 0 aliphatic carbocycles. The Morgan fingerprint density at radius 1 is 1.32 bits per heavy atom. The monoisotopic (exact) mass is 266 g/mol. The lowest BCUT2D eigenvalue weighted by molar-refractivity contribution is 0.0949. The molecule has 0 radical (unpaired) electrons. The second kappa shape index (κ2) is 8.37. The number of nitrogens with one attached hydrogen (secondary N) is 1. The van der Waals surface area contributed by atoms with Crippen LogP contribution in [0.4, 0.5) is 0 Å². The summed E-state index contributed by atoms with van der Waals surface area (Å²) in [6.07, 6.45) is 4.06. The highest BCUT2D eigenvalue weighted by atomic mass is 16.5. The summed E-state index contributed by atoms with van der Waals surface area (Å²) in [6, 6.07) is 4.86.